The highest BCUT2D eigenvalue weighted by molar-refractivity contribution is 14.0. The van der Waals surface area contributed by atoms with Crippen LogP contribution < -0.4 is 16.0 Å². The van der Waals surface area contributed by atoms with E-state index in [9.17, 15) is 4.79 Å². The van der Waals surface area contributed by atoms with Gasteiger partial charge in [0.15, 0.2) is 5.96 Å². The van der Waals surface area contributed by atoms with Crippen LogP contribution in [-0.2, 0) is 17.7 Å². The first-order valence-electron chi connectivity index (χ1n) is 9.70. The summed E-state index contributed by atoms with van der Waals surface area (Å²) in [5.41, 5.74) is 1.70. The summed E-state index contributed by atoms with van der Waals surface area (Å²) < 4.78 is 5.55. The van der Waals surface area contributed by atoms with Crippen molar-refractivity contribution in [2.24, 2.45) is 4.99 Å². The van der Waals surface area contributed by atoms with Crippen LogP contribution >= 0.6 is 35.3 Å². The molecule has 0 saturated carbocycles. The monoisotopic (exact) mass is 528 g/mol. The molecular formula is C21H29IN4O2S. The highest BCUT2D eigenvalue weighted by Gasteiger charge is 2.16. The van der Waals surface area contributed by atoms with Crippen LogP contribution in [0.2, 0.25) is 0 Å². The lowest BCUT2D eigenvalue weighted by Gasteiger charge is -2.13. The lowest BCUT2D eigenvalue weighted by Crippen LogP contribution is -2.37. The Balaban J connectivity index is 0.00000300. The smallest absolute Gasteiger partial charge is 0.251 e. The number of hydrogen-bond donors (Lipinski definition) is 3. The van der Waals surface area contributed by atoms with Crippen molar-refractivity contribution in [3.05, 3.63) is 57.8 Å². The van der Waals surface area contributed by atoms with Crippen LogP contribution in [0.3, 0.4) is 0 Å². The first-order chi connectivity index (χ1) is 13.7. The van der Waals surface area contributed by atoms with Crippen LogP contribution in [0.15, 0.2) is 46.8 Å². The number of aliphatic imine (C=N–C) groups is 1. The van der Waals surface area contributed by atoms with Gasteiger partial charge in [-0.15, -0.1) is 35.3 Å². The van der Waals surface area contributed by atoms with E-state index in [1.54, 1.807) is 18.4 Å². The summed E-state index contributed by atoms with van der Waals surface area (Å²) in [6, 6.07) is 11.9. The molecule has 1 fully saturated rings. The van der Waals surface area contributed by atoms with E-state index in [0.717, 1.165) is 43.9 Å². The Bertz CT molecular complexity index is 777. The Morgan fingerprint density at radius 3 is 2.86 bits per heavy atom. The standard InChI is InChI=1S/C21H28N4O2S.HI/c1-22-21(23-10-9-19-8-4-12-28-19)25-14-16-5-2-6-17(13-16)20(26)24-15-18-7-3-11-27-18;/h2,4-6,8,12-13,18H,3,7,9-11,14-15H2,1H3,(H,24,26)(H2,22,23,25);1H. The molecule has 1 unspecified atom stereocenters. The second kappa shape index (κ2) is 12.8. The molecule has 158 valence electrons. The number of amides is 1. The van der Waals surface area contributed by atoms with Crippen LogP contribution in [0.1, 0.15) is 33.6 Å². The lowest BCUT2D eigenvalue weighted by molar-refractivity contribution is 0.0857. The van der Waals surface area contributed by atoms with E-state index < -0.39 is 0 Å². The van der Waals surface area contributed by atoms with Crippen molar-refractivity contribution < 1.29 is 9.53 Å². The van der Waals surface area contributed by atoms with Crippen molar-refractivity contribution in [1.29, 1.82) is 0 Å². The molecule has 6 nitrogen and oxygen atoms in total. The first-order valence-corrected chi connectivity index (χ1v) is 10.6. The third kappa shape index (κ3) is 7.94. The van der Waals surface area contributed by atoms with E-state index in [0.29, 0.717) is 18.7 Å². The second-order valence-corrected chi connectivity index (χ2v) is 7.76. The molecule has 1 aliphatic rings. The summed E-state index contributed by atoms with van der Waals surface area (Å²) in [7, 11) is 1.76. The predicted molar refractivity (Wildman–Crippen MR) is 129 cm³/mol. The largest absolute Gasteiger partial charge is 0.376 e. The van der Waals surface area contributed by atoms with Gasteiger partial charge in [-0.2, -0.15) is 0 Å². The lowest BCUT2D eigenvalue weighted by atomic mass is 10.1. The quantitative estimate of drug-likeness (QED) is 0.280. The van der Waals surface area contributed by atoms with E-state index in [4.69, 9.17) is 4.74 Å². The molecule has 2 aromatic rings. The van der Waals surface area contributed by atoms with Gasteiger partial charge in [0.05, 0.1) is 6.10 Å². The number of rotatable bonds is 8. The average Bonchev–Trinajstić information content (AvgIpc) is 3.43. The number of hydrogen-bond acceptors (Lipinski definition) is 4. The van der Waals surface area contributed by atoms with Gasteiger partial charge < -0.3 is 20.7 Å². The molecule has 8 heteroatoms. The van der Waals surface area contributed by atoms with Gasteiger partial charge in [0.1, 0.15) is 0 Å². The third-order valence-corrected chi connectivity index (χ3v) is 5.57. The van der Waals surface area contributed by atoms with E-state index in [-0.39, 0.29) is 36.0 Å². The number of nitrogens with one attached hydrogen (secondary N) is 3. The molecule has 2 heterocycles. The Hall–Kier alpha value is -1.65. The Morgan fingerprint density at radius 2 is 2.14 bits per heavy atom. The minimum atomic E-state index is -0.0594. The molecule has 1 aliphatic heterocycles. The molecule has 1 saturated heterocycles. The number of thiophene rings is 1. The van der Waals surface area contributed by atoms with E-state index in [1.165, 1.54) is 4.88 Å². The summed E-state index contributed by atoms with van der Waals surface area (Å²) in [4.78, 5) is 18.0. The summed E-state index contributed by atoms with van der Waals surface area (Å²) in [6.45, 7) is 2.80. The van der Waals surface area contributed by atoms with Crippen LogP contribution in [0.4, 0.5) is 0 Å². The summed E-state index contributed by atoms with van der Waals surface area (Å²) in [5.74, 6) is 0.695. The van der Waals surface area contributed by atoms with E-state index in [1.807, 2.05) is 24.3 Å². The van der Waals surface area contributed by atoms with E-state index in [2.05, 4.69) is 38.5 Å². The topological polar surface area (TPSA) is 74.8 Å². The zero-order chi connectivity index (χ0) is 19.6. The molecule has 0 spiro atoms. The van der Waals surface area contributed by atoms with Gasteiger partial charge in [0.25, 0.3) is 5.91 Å². The van der Waals surface area contributed by atoms with Gasteiger partial charge in [0.2, 0.25) is 0 Å². The Morgan fingerprint density at radius 1 is 1.24 bits per heavy atom. The van der Waals surface area contributed by atoms with Crippen molar-refractivity contribution in [3.63, 3.8) is 0 Å². The number of guanidine groups is 1. The van der Waals surface area contributed by atoms with Gasteiger partial charge in [-0.3, -0.25) is 9.79 Å². The van der Waals surface area contributed by atoms with Crippen molar-refractivity contribution in [2.45, 2.75) is 31.9 Å². The zero-order valence-corrected chi connectivity index (χ0v) is 19.8. The van der Waals surface area contributed by atoms with Crippen molar-refractivity contribution in [3.8, 4) is 0 Å². The van der Waals surface area contributed by atoms with Crippen molar-refractivity contribution in [2.75, 3.05) is 26.7 Å². The molecule has 1 atom stereocenters. The van der Waals surface area contributed by atoms with Crippen molar-refractivity contribution >= 4 is 47.2 Å². The fourth-order valence-corrected chi connectivity index (χ4v) is 3.81. The van der Waals surface area contributed by atoms with E-state index >= 15 is 0 Å². The van der Waals surface area contributed by atoms with Gasteiger partial charge >= 0.3 is 0 Å². The molecule has 0 bridgehead atoms. The van der Waals surface area contributed by atoms with Crippen LogP contribution in [0.5, 0.6) is 0 Å². The number of carbonyl (C=O) groups is 1. The predicted octanol–water partition coefficient (Wildman–Crippen LogP) is 3.18. The maximum absolute atomic E-state index is 12.4. The normalized spacial score (nSPS) is 16.2. The summed E-state index contributed by atoms with van der Waals surface area (Å²) in [6.07, 6.45) is 3.21. The fraction of sp³-hybridized carbons (Fsp3) is 0.429. The first kappa shape index (κ1) is 23.6. The summed E-state index contributed by atoms with van der Waals surface area (Å²) >= 11 is 1.76. The SMILES string of the molecule is CN=C(NCCc1cccs1)NCc1cccc(C(=O)NCC2CCCO2)c1.I. The van der Waals surface area contributed by atoms with Crippen molar-refractivity contribution in [1.82, 2.24) is 16.0 Å². The third-order valence-electron chi connectivity index (χ3n) is 4.63. The molecular weight excluding hydrogens is 499 g/mol. The van der Waals surface area contributed by atoms with Gasteiger partial charge in [-0.05, 0) is 48.4 Å². The molecule has 3 rings (SSSR count). The Kier molecular flexibility index (Phi) is 10.4. The zero-order valence-electron chi connectivity index (χ0n) is 16.6. The Labute approximate surface area is 193 Å². The van der Waals surface area contributed by atoms with Gasteiger partial charge in [0, 0.05) is 43.7 Å². The van der Waals surface area contributed by atoms with Gasteiger partial charge in [-0.25, -0.2) is 0 Å². The number of carbonyl (C=O) groups excluding carboxylic acids is 1. The van der Waals surface area contributed by atoms with Crippen LogP contribution in [-0.4, -0.2) is 44.7 Å². The highest BCUT2D eigenvalue weighted by Crippen LogP contribution is 2.11. The molecule has 1 aromatic carbocycles. The van der Waals surface area contributed by atoms with Gasteiger partial charge in [-0.1, -0.05) is 18.2 Å². The van der Waals surface area contributed by atoms with Crippen LogP contribution in [0.25, 0.3) is 0 Å². The maximum atomic E-state index is 12.4. The molecule has 1 amide bonds. The highest BCUT2D eigenvalue weighted by atomic mass is 127. The molecule has 1 aromatic heterocycles. The summed E-state index contributed by atoms with van der Waals surface area (Å²) in [5, 5.41) is 11.7. The molecule has 0 radical (unpaired) electrons. The average molecular weight is 528 g/mol. The number of benzene rings is 1. The molecule has 3 N–H and O–H groups in total. The maximum Gasteiger partial charge on any atom is 0.251 e. The number of ether oxygens (including phenoxy) is 1. The fourth-order valence-electron chi connectivity index (χ4n) is 3.10. The van der Waals surface area contributed by atoms with Crippen LogP contribution in [0, 0.1) is 0 Å². The second-order valence-electron chi connectivity index (χ2n) is 6.73. The molecule has 29 heavy (non-hydrogen) atoms. The molecule has 0 aliphatic carbocycles. The number of halogens is 1. The number of nitrogens with zero attached hydrogens (tertiary/aromatic N) is 1. The minimum Gasteiger partial charge on any atom is -0.376 e. The minimum absolute atomic E-state index is 0.